The molecule has 1 aliphatic heterocycles. The predicted octanol–water partition coefficient (Wildman–Crippen LogP) is 1.41. The van der Waals surface area contributed by atoms with Gasteiger partial charge in [0.05, 0.1) is 0 Å². The molecule has 0 aliphatic carbocycles. The molecule has 0 unspecified atom stereocenters. The van der Waals surface area contributed by atoms with Crippen molar-refractivity contribution in [3.63, 3.8) is 0 Å². The summed E-state index contributed by atoms with van der Waals surface area (Å²) in [5.41, 5.74) is 2.27. The first kappa shape index (κ1) is 10.8. The summed E-state index contributed by atoms with van der Waals surface area (Å²) in [4.78, 5) is 0. The normalized spacial score (nSPS) is 17.9. The molecule has 2 rings (SSSR count). The van der Waals surface area contributed by atoms with E-state index in [0.717, 1.165) is 11.4 Å². The third kappa shape index (κ3) is 3.38. The highest BCUT2D eigenvalue weighted by molar-refractivity contribution is 6.32. The molecule has 1 aliphatic rings. The summed E-state index contributed by atoms with van der Waals surface area (Å²) in [6.07, 6.45) is 5.16. The molecule has 0 bridgehead atoms. The fourth-order valence-electron chi connectivity index (χ4n) is 2.29. The zero-order valence-corrected chi connectivity index (χ0v) is 9.21. The summed E-state index contributed by atoms with van der Waals surface area (Å²) in [5, 5.41) is 3.40. The molecule has 1 heterocycles. The summed E-state index contributed by atoms with van der Waals surface area (Å²) in [5.74, 6) is 0.910. The molecule has 1 nitrogen and oxygen atoms in total. The Morgan fingerprint density at radius 3 is 2.80 bits per heavy atom. The fourth-order valence-corrected chi connectivity index (χ4v) is 2.29. The minimum Gasteiger partial charge on any atom is -0.317 e. The molecule has 0 saturated carbocycles. The van der Waals surface area contributed by atoms with Crippen LogP contribution in [-0.4, -0.2) is 20.9 Å². The van der Waals surface area contributed by atoms with Gasteiger partial charge in [-0.3, -0.25) is 0 Å². The number of nitrogens with one attached hydrogen (secondary N) is 1. The van der Waals surface area contributed by atoms with Crippen molar-refractivity contribution in [2.45, 2.75) is 25.7 Å². The molecule has 15 heavy (non-hydrogen) atoms. The Balaban J connectivity index is 1.81. The van der Waals surface area contributed by atoms with Crippen LogP contribution in [0.2, 0.25) is 0 Å². The fraction of sp³-hybridized carbons (Fsp3) is 0.538. The topological polar surface area (TPSA) is 12.0 Å². The number of benzene rings is 1. The molecule has 0 spiro atoms. The lowest BCUT2D eigenvalue weighted by atomic mass is 9.89. The van der Waals surface area contributed by atoms with Crippen molar-refractivity contribution in [2.75, 3.05) is 13.1 Å². The monoisotopic (exact) mass is 199 g/mol. The Kier molecular flexibility index (Phi) is 3.84. The largest absolute Gasteiger partial charge is 0.317 e. The first-order valence-corrected chi connectivity index (χ1v) is 5.90. The standard InChI is InChI=1S/C13H18BN/c14-13-3-1-2-12(10-13)5-4-11-6-8-15-9-7-11/h1-3,10-11,15H,4-9H2. The van der Waals surface area contributed by atoms with Gasteiger partial charge in [-0.05, 0) is 50.3 Å². The van der Waals surface area contributed by atoms with Crippen LogP contribution in [0.15, 0.2) is 24.3 Å². The molecule has 2 radical (unpaired) electrons. The molecule has 0 atom stereocenters. The van der Waals surface area contributed by atoms with E-state index in [1.165, 1.54) is 44.3 Å². The maximum atomic E-state index is 5.76. The highest BCUT2D eigenvalue weighted by Crippen LogP contribution is 2.18. The zero-order chi connectivity index (χ0) is 10.5. The lowest BCUT2D eigenvalue weighted by Crippen LogP contribution is -2.27. The summed E-state index contributed by atoms with van der Waals surface area (Å²) in [6.45, 7) is 2.39. The molecule has 1 fully saturated rings. The molecule has 1 N–H and O–H groups in total. The third-order valence-electron chi connectivity index (χ3n) is 3.25. The van der Waals surface area contributed by atoms with Crippen molar-refractivity contribution in [1.82, 2.24) is 5.32 Å². The van der Waals surface area contributed by atoms with Gasteiger partial charge in [-0.25, -0.2) is 0 Å². The number of piperidine rings is 1. The summed E-state index contributed by atoms with van der Waals surface area (Å²) in [7, 11) is 5.76. The molecule has 1 saturated heterocycles. The number of hydrogen-bond donors (Lipinski definition) is 1. The van der Waals surface area contributed by atoms with E-state index in [0.29, 0.717) is 0 Å². The summed E-state index contributed by atoms with van der Waals surface area (Å²) < 4.78 is 0. The minimum atomic E-state index is 0.887. The molecular weight excluding hydrogens is 181 g/mol. The molecule has 2 heteroatoms. The first-order chi connectivity index (χ1) is 7.34. The Labute approximate surface area is 93.7 Å². The molecular formula is C13H18BN. The Hall–Kier alpha value is -0.755. The van der Waals surface area contributed by atoms with Crippen LogP contribution in [-0.2, 0) is 6.42 Å². The average Bonchev–Trinajstić information content (AvgIpc) is 2.28. The minimum absolute atomic E-state index is 0.887. The molecule has 0 amide bonds. The van der Waals surface area contributed by atoms with E-state index in [-0.39, 0.29) is 0 Å². The predicted molar refractivity (Wildman–Crippen MR) is 65.7 cm³/mol. The van der Waals surface area contributed by atoms with E-state index in [2.05, 4.69) is 17.4 Å². The quantitative estimate of drug-likeness (QED) is 0.726. The summed E-state index contributed by atoms with van der Waals surface area (Å²) >= 11 is 0. The van der Waals surface area contributed by atoms with Crippen LogP contribution < -0.4 is 10.8 Å². The van der Waals surface area contributed by atoms with Gasteiger partial charge in [0.1, 0.15) is 7.85 Å². The van der Waals surface area contributed by atoms with E-state index in [9.17, 15) is 0 Å². The lowest BCUT2D eigenvalue weighted by molar-refractivity contribution is 0.354. The van der Waals surface area contributed by atoms with Gasteiger partial charge in [-0.1, -0.05) is 29.7 Å². The van der Waals surface area contributed by atoms with Gasteiger partial charge in [-0.15, -0.1) is 0 Å². The third-order valence-corrected chi connectivity index (χ3v) is 3.25. The second-order valence-electron chi connectivity index (χ2n) is 4.48. The number of hydrogen-bond acceptors (Lipinski definition) is 1. The molecule has 1 aromatic carbocycles. The van der Waals surface area contributed by atoms with Gasteiger partial charge in [-0.2, -0.15) is 0 Å². The van der Waals surface area contributed by atoms with Crippen LogP contribution in [0.4, 0.5) is 0 Å². The van der Waals surface area contributed by atoms with Gasteiger partial charge < -0.3 is 5.32 Å². The van der Waals surface area contributed by atoms with Gasteiger partial charge >= 0.3 is 0 Å². The van der Waals surface area contributed by atoms with Crippen LogP contribution in [0.1, 0.15) is 24.8 Å². The van der Waals surface area contributed by atoms with Gasteiger partial charge in [0.15, 0.2) is 0 Å². The van der Waals surface area contributed by atoms with Crippen LogP contribution in [0.3, 0.4) is 0 Å². The van der Waals surface area contributed by atoms with Gasteiger partial charge in [0.2, 0.25) is 0 Å². The first-order valence-electron chi connectivity index (χ1n) is 5.90. The van der Waals surface area contributed by atoms with Crippen LogP contribution in [0.25, 0.3) is 0 Å². The SMILES string of the molecule is [B]c1cccc(CCC2CCNCC2)c1. The molecule has 0 aromatic heterocycles. The van der Waals surface area contributed by atoms with E-state index in [1.807, 2.05) is 12.1 Å². The van der Waals surface area contributed by atoms with E-state index in [1.54, 1.807) is 0 Å². The van der Waals surface area contributed by atoms with Crippen LogP contribution in [0, 0.1) is 5.92 Å². The van der Waals surface area contributed by atoms with Crippen molar-refractivity contribution in [3.8, 4) is 0 Å². The van der Waals surface area contributed by atoms with Crippen LogP contribution in [0.5, 0.6) is 0 Å². The maximum Gasteiger partial charge on any atom is 0.113 e. The van der Waals surface area contributed by atoms with Crippen molar-refractivity contribution in [3.05, 3.63) is 29.8 Å². The van der Waals surface area contributed by atoms with E-state index < -0.39 is 0 Å². The second-order valence-corrected chi connectivity index (χ2v) is 4.48. The highest BCUT2D eigenvalue weighted by atomic mass is 14.9. The van der Waals surface area contributed by atoms with Gasteiger partial charge in [0.25, 0.3) is 0 Å². The molecule has 1 aromatic rings. The zero-order valence-electron chi connectivity index (χ0n) is 9.21. The maximum absolute atomic E-state index is 5.76. The highest BCUT2D eigenvalue weighted by Gasteiger charge is 2.12. The Morgan fingerprint density at radius 1 is 1.27 bits per heavy atom. The van der Waals surface area contributed by atoms with Crippen molar-refractivity contribution in [2.24, 2.45) is 5.92 Å². The van der Waals surface area contributed by atoms with Crippen molar-refractivity contribution < 1.29 is 0 Å². The summed E-state index contributed by atoms with van der Waals surface area (Å²) in [6, 6.07) is 8.28. The number of rotatable bonds is 3. The Morgan fingerprint density at radius 2 is 2.07 bits per heavy atom. The number of aryl methyl sites for hydroxylation is 1. The van der Waals surface area contributed by atoms with Crippen molar-refractivity contribution in [1.29, 1.82) is 0 Å². The van der Waals surface area contributed by atoms with Crippen LogP contribution >= 0.6 is 0 Å². The van der Waals surface area contributed by atoms with E-state index in [4.69, 9.17) is 7.85 Å². The second kappa shape index (κ2) is 5.36. The molecule has 78 valence electrons. The lowest BCUT2D eigenvalue weighted by Gasteiger charge is -2.22. The van der Waals surface area contributed by atoms with Gasteiger partial charge in [0, 0.05) is 0 Å². The van der Waals surface area contributed by atoms with Crippen molar-refractivity contribution >= 4 is 13.3 Å². The average molecular weight is 199 g/mol. The Bertz CT molecular complexity index is 305. The van der Waals surface area contributed by atoms with E-state index >= 15 is 0 Å². The smallest absolute Gasteiger partial charge is 0.113 e.